The van der Waals surface area contributed by atoms with Crippen molar-refractivity contribution in [1.82, 2.24) is 0 Å². The summed E-state index contributed by atoms with van der Waals surface area (Å²) in [5, 5.41) is 10.8. The molecular formula is C14H17NO5. The molecule has 0 aliphatic carbocycles. The molecule has 0 amide bonds. The molecule has 0 aromatic heterocycles. The predicted molar refractivity (Wildman–Crippen MR) is 72.0 cm³/mol. The first kappa shape index (κ1) is 14.5. The van der Waals surface area contributed by atoms with E-state index in [1.807, 2.05) is 0 Å². The molecule has 2 rings (SSSR count). The number of nitrogens with zero attached hydrogens (tertiary/aromatic N) is 1. The molecule has 1 heterocycles. The Hall–Kier alpha value is -1.95. The lowest BCUT2D eigenvalue weighted by Gasteiger charge is -2.11. The highest BCUT2D eigenvalue weighted by Gasteiger charge is 2.24. The Bertz CT molecular complexity index is 535. The Kier molecular flexibility index (Phi) is 4.34. The Morgan fingerprint density at radius 1 is 1.45 bits per heavy atom. The molecule has 6 nitrogen and oxygen atoms in total. The third kappa shape index (κ3) is 3.14. The molecule has 1 atom stereocenters. The molecule has 1 aliphatic heterocycles. The van der Waals surface area contributed by atoms with Crippen LogP contribution in [0.5, 0.6) is 5.75 Å². The van der Waals surface area contributed by atoms with Crippen LogP contribution in [0.1, 0.15) is 17.5 Å². The van der Waals surface area contributed by atoms with Gasteiger partial charge in [0.2, 0.25) is 0 Å². The molecule has 0 bridgehead atoms. The van der Waals surface area contributed by atoms with Crippen molar-refractivity contribution in [3.05, 3.63) is 33.4 Å². The fraction of sp³-hybridized carbons (Fsp3) is 0.500. The van der Waals surface area contributed by atoms with Gasteiger partial charge in [-0.15, -0.1) is 0 Å². The minimum atomic E-state index is -0.423. The molecule has 0 radical (unpaired) electrons. The smallest absolute Gasteiger partial charge is 0.272 e. The van der Waals surface area contributed by atoms with Crippen LogP contribution in [0.2, 0.25) is 0 Å². The van der Waals surface area contributed by atoms with Gasteiger partial charge in [0.05, 0.1) is 11.5 Å². The zero-order chi connectivity index (χ0) is 14.7. The second-order valence-corrected chi connectivity index (χ2v) is 4.98. The largest absolute Gasteiger partial charge is 0.486 e. The van der Waals surface area contributed by atoms with E-state index in [-0.39, 0.29) is 24.0 Å². The van der Waals surface area contributed by atoms with E-state index in [2.05, 4.69) is 0 Å². The minimum absolute atomic E-state index is 0.0119. The number of carbonyl (C=O) groups is 1. The van der Waals surface area contributed by atoms with Crippen molar-refractivity contribution in [3.8, 4) is 5.75 Å². The quantitative estimate of drug-likeness (QED) is 0.610. The lowest BCUT2D eigenvalue weighted by atomic mass is 10.0. The van der Waals surface area contributed by atoms with Crippen molar-refractivity contribution < 1.29 is 19.2 Å². The number of nitro groups is 1. The van der Waals surface area contributed by atoms with E-state index in [9.17, 15) is 14.9 Å². The summed E-state index contributed by atoms with van der Waals surface area (Å²) in [4.78, 5) is 22.3. The number of benzene rings is 1. The number of hydrogen-bond acceptors (Lipinski definition) is 5. The summed E-state index contributed by atoms with van der Waals surface area (Å²) in [5.41, 5.74) is 1.23. The van der Waals surface area contributed by atoms with Crippen LogP contribution in [0.25, 0.3) is 0 Å². The highest BCUT2D eigenvalue weighted by Crippen LogP contribution is 2.27. The molecule has 1 fully saturated rings. The molecule has 1 aliphatic rings. The van der Waals surface area contributed by atoms with Gasteiger partial charge in [0.15, 0.2) is 5.78 Å². The summed E-state index contributed by atoms with van der Waals surface area (Å²) < 4.78 is 10.7. The van der Waals surface area contributed by atoms with E-state index >= 15 is 0 Å². The van der Waals surface area contributed by atoms with E-state index in [0.717, 1.165) is 6.42 Å². The van der Waals surface area contributed by atoms with E-state index in [1.54, 1.807) is 19.9 Å². The monoisotopic (exact) mass is 279 g/mol. The average molecular weight is 279 g/mol. The molecule has 1 aromatic rings. The number of rotatable bonds is 5. The maximum atomic E-state index is 11.9. The van der Waals surface area contributed by atoms with Gasteiger partial charge in [-0.2, -0.15) is 0 Å². The zero-order valence-corrected chi connectivity index (χ0v) is 11.5. The van der Waals surface area contributed by atoms with Gasteiger partial charge < -0.3 is 9.47 Å². The van der Waals surface area contributed by atoms with Crippen LogP contribution in [0.4, 0.5) is 5.69 Å². The SMILES string of the molecule is Cc1cc([N+](=O)[O-])c(C)cc1OCC(=O)C1CCOC1. The highest BCUT2D eigenvalue weighted by atomic mass is 16.6. The van der Waals surface area contributed by atoms with Crippen LogP contribution in [-0.4, -0.2) is 30.5 Å². The molecule has 1 unspecified atom stereocenters. The van der Waals surface area contributed by atoms with Gasteiger partial charge in [-0.1, -0.05) is 0 Å². The fourth-order valence-electron chi connectivity index (χ4n) is 2.18. The molecular weight excluding hydrogens is 262 g/mol. The van der Waals surface area contributed by atoms with E-state index in [0.29, 0.717) is 30.1 Å². The number of ketones is 1. The summed E-state index contributed by atoms with van der Waals surface area (Å²) in [7, 11) is 0. The van der Waals surface area contributed by atoms with Crippen molar-refractivity contribution >= 4 is 11.5 Å². The number of nitro benzene ring substituents is 1. The zero-order valence-electron chi connectivity index (χ0n) is 11.5. The second kappa shape index (κ2) is 6.00. The van der Waals surface area contributed by atoms with Gasteiger partial charge in [-0.3, -0.25) is 14.9 Å². The topological polar surface area (TPSA) is 78.7 Å². The Morgan fingerprint density at radius 2 is 2.20 bits per heavy atom. The fourth-order valence-corrected chi connectivity index (χ4v) is 2.18. The second-order valence-electron chi connectivity index (χ2n) is 4.98. The maximum absolute atomic E-state index is 11.9. The number of aryl methyl sites for hydroxylation is 2. The number of hydrogen-bond donors (Lipinski definition) is 0. The van der Waals surface area contributed by atoms with Gasteiger partial charge >= 0.3 is 0 Å². The third-order valence-electron chi connectivity index (χ3n) is 3.45. The lowest BCUT2D eigenvalue weighted by molar-refractivity contribution is -0.385. The van der Waals surface area contributed by atoms with E-state index in [1.165, 1.54) is 6.07 Å². The Morgan fingerprint density at radius 3 is 2.80 bits per heavy atom. The van der Waals surface area contributed by atoms with Crippen LogP contribution < -0.4 is 4.74 Å². The molecule has 108 valence electrons. The first-order valence-corrected chi connectivity index (χ1v) is 6.48. The third-order valence-corrected chi connectivity index (χ3v) is 3.45. The van der Waals surface area contributed by atoms with Gasteiger partial charge in [-0.05, 0) is 31.9 Å². The van der Waals surface area contributed by atoms with Gasteiger partial charge in [0, 0.05) is 24.2 Å². The van der Waals surface area contributed by atoms with Crippen LogP contribution in [0.15, 0.2) is 12.1 Å². The van der Waals surface area contributed by atoms with Crippen LogP contribution in [-0.2, 0) is 9.53 Å². The highest BCUT2D eigenvalue weighted by molar-refractivity contribution is 5.82. The minimum Gasteiger partial charge on any atom is -0.486 e. The van der Waals surface area contributed by atoms with Gasteiger partial charge in [0.1, 0.15) is 12.4 Å². The number of ether oxygens (including phenoxy) is 2. The van der Waals surface area contributed by atoms with Crippen molar-refractivity contribution in [2.75, 3.05) is 19.8 Å². The summed E-state index contributed by atoms with van der Waals surface area (Å²) in [6, 6.07) is 3.07. The lowest BCUT2D eigenvalue weighted by Crippen LogP contribution is -2.21. The number of carbonyl (C=O) groups excluding carboxylic acids is 1. The van der Waals surface area contributed by atoms with E-state index in [4.69, 9.17) is 9.47 Å². The normalized spacial score (nSPS) is 18.0. The molecule has 1 aromatic carbocycles. The molecule has 1 saturated heterocycles. The molecule has 6 heteroatoms. The molecule has 0 saturated carbocycles. The van der Waals surface area contributed by atoms with Gasteiger partial charge in [-0.25, -0.2) is 0 Å². The average Bonchev–Trinajstić information content (AvgIpc) is 2.92. The molecule has 20 heavy (non-hydrogen) atoms. The Balaban J connectivity index is 2.04. The molecule has 0 N–H and O–H groups in total. The van der Waals surface area contributed by atoms with Crippen molar-refractivity contribution in [2.24, 2.45) is 5.92 Å². The van der Waals surface area contributed by atoms with E-state index < -0.39 is 4.92 Å². The summed E-state index contributed by atoms with van der Waals surface area (Å²) in [6.45, 7) is 4.43. The van der Waals surface area contributed by atoms with Crippen molar-refractivity contribution in [1.29, 1.82) is 0 Å². The summed E-state index contributed by atoms with van der Waals surface area (Å²) in [5.74, 6) is 0.438. The predicted octanol–water partition coefficient (Wildman–Crippen LogP) is 2.20. The van der Waals surface area contributed by atoms with Gasteiger partial charge in [0.25, 0.3) is 5.69 Å². The Labute approximate surface area is 116 Å². The van der Waals surface area contributed by atoms with Crippen LogP contribution in [0, 0.1) is 29.9 Å². The van der Waals surface area contributed by atoms with Crippen molar-refractivity contribution in [3.63, 3.8) is 0 Å². The summed E-state index contributed by atoms with van der Waals surface area (Å²) >= 11 is 0. The summed E-state index contributed by atoms with van der Waals surface area (Å²) in [6.07, 6.45) is 0.737. The first-order chi connectivity index (χ1) is 9.49. The van der Waals surface area contributed by atoms with Crippen molar-refractivity contribution in [2.45, 2.75) is 20.3 Å². The number of Topliss-reactive ketones (excluding diaryl/α,β-unsaturated/α-hetero) is 1. The van der Waals surface area contributed by atoms with Crippen LogP contribution in [0.3, 0.4) is 0 Å². The first-order valence-electron chi connectivity index (χ1n) is 6.48. The maximum Gasteiger partial charge on any atom is 0.272 e. The molecule has 0 spiro atoms. The van der Waals surface area contributed by atoms with Crippen LogP contribution >= 0.6 is 0 Å². The standard InChI is InChI=1S/C14H17NO5/c1-9-6-14(10(2)5-12(9)15(17)18)20-8-13(16)11-3-4-19-7-11/h5-6,11H,3-4,7-8H2,1-2H3.